The fourth-order valence-electron chi connectivity index (χ4n) is 1.96. The quantitative estimate of drug-likeness (QED) is 0.594. The summed E-state index contributed by atoms with van der Waals surface area (Å²) in [6, 6.07) is 0. The average Bonchev–Trinajstić information content (AvgIpc) is 2.15. The van der Waals surface area contributed by atoms with E-state index in [0.717, 1.165) is 0 Å². The maximum Gasteiger partial charge on any atom is 0.313 e. The van der Waals surface area contributed by atoms with Crippen molar-refractivity contribution in [3.63, 3.8) is 0 Å². The van der Waals surface area contributed by atoms with Crippen molar-refractivity contribution in [2.24, 2.45) is 11.3 Å². The molecule has 0 aromatic heterocycles. The van der Waals surface area contributed by atoms with E-state index < -0.39 is 28.9 Å². The number of carbonyl (C=O) groups is 2. The molecular formula is C13H20O4. The van der Waals surface area contributed by atoms with Crippen molar-refractivity contribution in [2.45, 2.75) is 46.1 Å². The highest BCUT2D eigenvalue weighted by Crippen LogP contribution is 2.40. The maximum absolute atomic E-state index is 12.1. The molecule has 0 spiro atoms. The summed E-state index contributed by atoms with van der Waals surface area (Å²) in [5.41, 5.74) is -1.56. The van der Waals surface area contributed by atoms with Gasteiger partial charge in [-0.15, -0.1) is 0 Å². The van der Waals surface area contributed by atoms with E-state index in [0.29, 0.717) is 12.8 Å². The molecule has 0 aromatic carbocycles. The van der Waals surface area contributed by atoms with Gasteiger partial charge in [-0.2, -0.15) is 0 Å². The zero-order chi connectivity index (χ0) is 13.3. The van der Waals surface area contributed by atoms with Crippen LogP contribution in [0.1, 0.15) is 40.5 Å². The first-order chi connectivity index (χ1) is 7.67. The Kier molecular flexibility index (Phi) is 3.65. The Balaban J connectivity index is 2.94. The standard InChI is InChI=1S/C13H20O4/c1-12(2,3)17-11(16)13(4)8-6-5-7-9(13)10(14)15/h5-6,9H,7-8H2,1-4H3,(H,14,15)/t9-,13-/m1/s1. The van der Waals surface area contributed by atoms with Crippen molar-refractivity contribution >= 4 is 11.9 Å². The lowest BCUT2D eigenvalue weighted by Crippen LogP contribution is -2.44. The maximum atomic E-state index is 12.1. The van der Waals surface area contributed by atoms with Crippen molar-refractivity contribution in [3.05, 3.63) is 12.2 Å². The largest absolute Gasteiger partial charge is 0.481 e. The zero-order valence-corrected chi connectivity index (χ0v) is 10.8. The molecule has 1 rings (SSSR count). The number of carboxylic acids is 1. The van der Waals surface area contributed by atoms with Gasteiger partial charge in [0.25, 0.3) is 0 Å². The molecule has 0 aromatic rings. The summed E-state index contributed by atoms with van der Waals surface area (Å²) in [5, 5.41) is 9.18. The Hall–Kier alpha value is -1.32. The Morgan fingerprint density at radius 2 is 1.94 bits per heavy atom. The van der Waals surface area contributed by atoms with Gasteiger partial charge in [0.1, 0.15) is 5.60 Å². The van der Waals surface area contributed by atoms with Crippen LogP contribution >= 0.6 is 0 Å². The molecule has 0 aliphatic heterocycles. The molecule has 4 heteroatoms. The average molecular weight is 240 g/mol. The second kappa shape index (κ2) is 4.51. The van der Waals surface area contributed by atoms with E-state index in [4.69, 9.17) is 4.74 Å². The first-order valence-electron chi connectivity index (χ1n) is 5.78. The fraction of sp³-hybridized carbons (Fsp3) is 0.692. The van der Waals surface area contributed by atoms with Gasteiger partial charge in [-0.05, 0) is 40.5 Å². The minimum absolute atomic E-state index is 0.380. The number of allylic oxidation sites excluding steroid dienone is 2. The number of carboxylic acid groups (broad SMARTS) is 1. The van der Waals surface area contributed by atoms with Crippen LogP contribution in [0.4, 0.5) is 0 Å². The van der Waals surface area contributed by atoms with Crippen LogP contribution in [0.3, 0.4) is 0 Å². The summed E-state index contributed by atoms with van der Waals surface area (Å²) in [6.45, 7) is 7.01. The van der Waals surface area contributed by atoms with Gasteiger partial charge >= 0.3 is 11.9 Å². The van der Waals surface area contributed by atoms with Gasteiger partial charge in [-0.25, -0.2) is 0 Å². The third-order valence-corrected chi connectivity index (χ3v) is 3.01. The molecule has 2 atom stereocenters. The summed E-state index contributed by atoms with van der Waals surface area (Å²) in [5.74, 6) is -2.08. The number of esters is 1. The summed E-state index contributed by atoms with van der Waals surface area (Å²) in [6.07, 6.45) is 4.46. The summed E-state index contributed by atoms with van der Waals surface area (Å²) in [7, 11) is 0. The molecule has 1 aliphatic rings. The molecule has 0 unspecified atom stereocenters. The van der Waals surface area contributed by atoms with Crippen LogP contribution in [-0.4, -0.2) is 22.6 Å². The third-order valence-electron chi connectivity index (χ3n) is 3.01. The van der Waals surface area contributed by atoms with Crippen LogP contribution in [0, 0.1) is 11.3 Å². The monoisotopic (exact) mass is 240 g/mol. The van der Waals surface area contributed by atoms with Crippen LogP contribution in [0.5, 0.6) is 0 Å². The molecular weight excluding hydrogens is 220 g/mol. The Morgan fingerprint density at radius 1 is 1.35 bits per heavy atom. The minimum Gasteiger partial charge on any atom is -0.481 e. The van der Waals surface area contributed by atoms with Crippen molar-refractivity contribution in [1.29, 1.82) is 0 Å². The van der Waals surface area contributed by atoms with E-state index in [9.17, 15) is 14.7 Å². The number of hydrogen-bond donors (Lipinski definition) is 1. The minimum atomic E-state index is -0.964. The fourth-order valence-corrected chi connectivity index (χ4v) is 1.96. The number of aliphatic carboxylic acids is 1. The molecule has 1 N–H and O–H groups in total. The van der Waals surface area contributed by atoms with E-state index in [1.54, 1.807) is 27.7 Å². The van der Waals surface area contributed by atoms with E-state index in [1.165, 1.54) is 0 Å². The van der Waals surface area contributed by atoms with E-state index in [-0.39, 0.29) is 0 Å². The van der Waals surface area contributed by atoms with Crippen LogP contribution in [-0.2, 0) is 14.3 Å². The van der Waals surface area contributed by atoms with Crippen LogP contribution in [0.2, 0.25) is 0 Å². The predicted octanol–water partition coefficient (Wildman–Crippen LogP) is 2.39. The lowest BCUT2D eigenvalue weighted by atomic mass is 9.70. The molecule has 0 fully saturated rings. The molecule has 4 nitrogen and oxygen atoms in total. The van der Waals surface area contributed by atoms with Crippen LogP contribution < -0.4 is 0 Å². The second-order valence-corrected chi connectivity index (χ2v) is 5.72. The van der Waals surface area contributed by atoms with E-state index in [1.807, 2.05) is 12.2 Å². The number of ether oxygens (including phenoxy) is 1. The van der Waals surface area contributed by atoms with E-state index in [2.05, 4.69) is 0 Å². The Bertz CT molecular complexity index is 351. The highest BCUT2D eigenvalue weighted by molar-refractivity contribution is 5.85. The molecule has 96 valence electrons. The molecule has 0 saturated heterocycles. The topological polar surface area (TPSA) is 63.6 Å². The zero-order valence-electron chi connectivity index (χ0n) is 10.8. The number of rotatable bonds is 2. The molecule has 0 amide bonds. The van der Waals surface area contributed by atoms with Gasteiger partial charge in [0.05, 0.1) is 11.3 Å². The number of carbonyl (C=O) groups excluding carboxylic acids is 1. The molecule has 1 aliphatic carbocycles. The van der Waals surface area contributed by atoms with Gasteiger partial charge in [-0.1, -0.05) is 12.2 Å². The lowest BCUT2D eigenvalue weighted by Gasteiger charge is -2.36. The summed E-state index contributed by atoms with van der Waals surface area (Å²) >= 11 is 0. The van der Waals surface area contributed by atoms with Crippen molar-refractivity contribution < 1.29 is 19.4 Å². The first-order valence-corrected chi connectivity index (χ1v) is 5.78. The Labute approximate surface area is 102 Å². The lowest BCUT2D eigenvalue weighted by molar-refractivity contribution is -0.175. The SMILES string of the molecule is CC(C)(C)OC(=O)[C@]1(C)CC=CC[C@@H]1C(=O)O. The van der Waals surface area contributed by atoms with Gasteiger partial charge < -0.3 is 9.84 Å². The summed E-state index contributed by atoms with van der Waals surface area (Å²) < 4.78 is 5.32. The van der Waals surface area contributed by atoms with Crippen molar-refractivity contribution in [1.82, 2.24) is 0 Å². The van der Waals surface area contributed by atoms with Gasteiger partial charge in [0.2, 0.25) is 0 Å². The van der Waals surface area contributed by atoms with Crippen molar-refractivity contribution in [2.75, 3.05) is 0 Å². The predicted molar refractivity (Wildman–Crippen MR) is 63.5 cm³/mol. The number of hydrogen-bond acceptors (Lipinski definition) is 3. The summed E-state index contributed by atoms with van der Waals surface area (Å²) in [4.78, 5) is 23.3. The van der Waals surface area contributed by atoms with Crippen LogP contribution in [0.15, 0.2) is 12.2 Å². The normalized spacial score (nSPS) is 28.8. The molecule has 0 bridgehead atoms. The third kappa shape index (κ3) is 3.08. The smallest absolute Gasteiger partial charge is 0.313 e. The van der Waals surface area contributed by atoms with Gasteiger partial charge in [0.15, 0.2) is 0 Å². The Morgan fingerprint density at radius 3 is 2.41 bits per heavy atom. The molecule has 17 heavy (non-hydrogen) atoms. The molecule has 0 heterocycles. The first kappa shape index (κ1) is 13.7. The highest BCUT2D eigenvalue weighted by Gasteiger charge is 2.47. The van der Waals surface area contributed by atoms with Gasteiger partial charge in [0, 0.05) is 0 Å². The van der Waals surface area contributed by atoms with E-state index >= 15 is 0 Å². The van der Waals surface area contributed by atoms with Gasteiger partial charge in [-0.3, -0.25) is 9.59 Å². The molecule has 0 saturated carbocycles. The molecule has 0 radical (unpaired) electrons. The second-order valence-electron chi connectivity index (χ2n) is 5.72. The highest BCUT2D eigenvalue weighted by atomic mass is 16.6. The van der Waals surface area contributed by atoms with Crippen LogP contribution in [0.25, 0.3) is 0 Å². The van der Waals surface area contributed by atoms with Crippen molar-refractivity contribution in [3.8, 4) is 0 Å².